The van der Waals surface area contributed by atoms with E-state index in [4.69, 9.17) is 11.6 Å². The number of hydrogen-bond acceptors (Lipinski definition) is 3. The Labute approximate surface area is 182 Å². The van der Waals surface area contributed by atoms with Crippen molar-refractivity contribution in [1.82, 2.24) is 5.32 Å². The second kappa shape index (κ2) is 9.02. The molecule has 0 bridgehead atoms. The Morgan fingerprint density at radius 1 is 1.13 bits per heavy atom. The monoisotopic (exact) mass is 423 g/mol. The zero-order chi connectivity index (χ0) is 21.1. The molecule has 2 aromatic rings. The van der Waals surface area contributed by atoms with Crippen molar-refractivity contribution in [3.63, 3.8) is 0 Å². The van der Waals surface area contributed by atoms with Crippen LogP contribution in [-0.4, -0.2) is 37.5 Å². The molecule has 0 aromatic heterocycles. The van der Waals surface area contributed by atoms with Crippen molar-refractivity contribution in [2.24, 2.45) is 0 Å². The number of hydrogen-bond donors (Lipinski definition) is 1. The van der Waals surface area contributed by atoms with Crippen LogP contribution in [-0.2, 0) is 16.0 Å². The molecule has 2 aliphatic rings. The number of amides is 2. The largest absolute Gasteiger partial charge is 0.317 e. The summed E-state index contributed by atoms with van der Waals surface area (Å²) in [7, 11) is 0. The van der Waals surface area contributed by atoms with E-state index >= 15 is 0 Å². The summed E-state index contributed by atoms with van der Waals surface area (Å²) in [6.45, 7) is 4.07. The summed E-state index contributed by atoms with van der Waals surface area (Å²) >= 11 is 5.95. The Kier molecular flexibility index (Phi) is 6.21. The van der Waals surface area contributed by atoms with E-state index in [0.717, 1.165) is 54.9 Å². The van der Waals surface area contributed by atoms with Crippen LogP contribution in [0.5, 0.6) is 0 Å². The van der Waals surface area contributed by atoms with Gasteiger partial charge >= 0.3 is 0 Å². The highest BCUT2D eigenvalue weighted by molar-refractivity contribution is 6.30. The van der Waals surface area contributed by atoms with Gasteiger partial charge in [0.25, 0.3) is 5.91 Å². The number of anilines is 2. The smallest absolute Gasteiger partial charge is 0.251 e. The molecule has 30 heavy (non-hydrogen) atoms. The molecule has 5 nitrogen and oxygen atoms in total. The Morgan fingerprint density at radius 3 is 2.57 bits per heavy atom. The normalized spacial score (nSPS) is 16.7. The predicted octanol–water partition coefficient (Wildman–Crippen LogP) is 4.05. The summed E-state index contributed by atoms with van der Waals surface area (Å²) in [5.74, 6) is -0.0163. The maximum atomic E-state index is 13.3. The summed E-state index contributed by atoms with van der Waals surface area (Å²) in [5, 5.41) is 4.03. The molecule has 2 heterocycles. The maximum absolute atomic E-state index is 13.3. The summed E-state index contributed by atoms with van der Waals surface area (Å²) in [5.41, 5.74) is 3.85. The molecular formula is C24H26ClN3O2. The molecule has 156 valence electrons. The van der Waals surface area contributed by atoms with Gasteiger partial charge in [-0.1, -0.05) is 29.8 Å². The van der Waals surface area contributed by atoms with Gasteiger partial charge < -0.3 is 15.1 Å². The standard InChI is InChI=1S/C24H26ClN3O2/c1-17(29)27-15-12-19-5-8-22(16-23(19)27)28(21-10-13-26-14-11-21)24(30)9-4-18-2-6-20(25)7-3-18/h2-9,16,21,26H,10-15H2,1H3. The fourth-order valence-corrected chi connectivity index (χ4v) is 4.38. The van der Waals surface area contributed by atoms with Crippen LogP contribution in [0.3, 0.4) is 0 Å². The van der Waals surface area contributed by atoms with Crippen molar-refractivity contribution >= 4 is 40.9 Å². The third-order valence-electron chi connectivity index (χ3n) is 5.82. The number of carbonyl (C=O) groups is 2. The average molecular weight is 424 g/mol. The van der Waals surface area contributed by atoms with E-state index in [2.05, 4.69) is 11.4 Å². The first-order valence-corrected chi connectivity index (χ1v) is 10.8. The van der Waals surface area contributed by atoms with Gasteiger partial charge in [-0.15, -0.1) is 0 Å². The van der Waals surface area contributed by atoms with E-state index in [-0.39, 0.29) is 17.9 Å². The lowest BCUT2D eigenvalue weighted by Crippen LogP contribution is -2.46. The number of fused-ring (bicyclic) bond motifs is 1. The van der Waals surface area contributed by atoms with E-state index in [9.17, 15) is 9.59 Å². The molecule has 2 aromatic carbocycles. The zero-order valence-corrected chi connectivity index (χ0v) is 17.9. The zero-order valence-electron chi connectivity index (χ0n) is 17.1. The van der Waals surface area contributed by atoms with Crippen LogP contribution in [0.25, 0.3) is 6.08 Å². The highest BCUT2D eigenvalue weighted by atomic mass is 35.5. The number of benzene rings is 2. The fraction of sp³-hybridized carbons (Fsp3) is 0.333. The number of rotatable bonds is 4. The van der Waals surface area contributed by atoms with Gasteiger partial charge in [-0.05, 0) is 73.8 Å². The second-order valence-corrected chi connectivity index (χ2v) is 8.24. The molecular weight excluding hydrogens is 398 g/mol. The van der Waals surface area contributed by atoms with Gasteiger partial charge in [-0.2, -0.15) is 0 Å². The molecule has 1 saturated heterocycles. The highest BCUT2D eigenvalue weighted by Crippen LogP contribution is 2.34. The second-order valence-electron chi connectivity index (χ2n) is 7.81. The maximum Gasteiger partial charge on any atom is 0.251 e. The Balaban J connectivity index is 1.65. The molecule has 0 atom stereocenters. The van der Waals surface area contributed by atoms with E-state index in [1.54, 1.807) is 17.9 Å². The van der Waals surface area contributed by atoms with E-state index in [1.165, 1.54) is 0 Å². The molecule has 4 rings (SSSR count). The summed E-state index contributed by atoms with van der Waals surface area (Å²) in [6.07, 6.45) is 6.10. The summed E-state index contributed by atoms with van der Waals surface area (Å²) < 4.78 is 0. The van der Waals surface area contributed by atoms with Gasteiger partial charge in [-0.3, -0.25) is 9.59 Å². The fourth-order valence-electron chi connectivity index (χ4n) is 4.25. The molecule has 1 N–H and O–H groups in total. The number of carbonyl (C=O) groups excluding carboxylic acids is 2. The average Bonchev–Trinajstić information content (AvgIpc) is 3.18. The van der Waals surface area contributed by atoms with Crippen LogP contribution in [0.4, 0.5) is 11.4 Å². The van der Waals surface area contributed by atoms with Gasteiger partial charge in [0.05, 0.1) is 0 Å². The quantitative estimate of drug-likeness (QED) is 0.755. The number of nitrogens with zero attached hydrogens (tertiary/aromatic N) is 2. The Morgan fingerprint density at radius 2 is 1.87 bits per heavy atom. The minimum atomic E-state index is -0.0517. The predicted molar refractivity (Wildman–Crippen MR) is 122 cm³/mol. The van der Waals surface area contributed by atoms with Crippen LogP contribution in [0.2, 0.25) is 5.02 Å². The van der Waals surface area contributed by atoms with Crippen molar-refractivity contribution in [3.05, 3.63) is 64.7 Å². The van der Waals surface area contributed by atoms with Crippen molar-refractivity contribution < 1.29 is 9.59 Å². The molecule has 0 unspecified atom stereocenters. The van der Waals surface area contributed by atoms with Crippen LogP contribution in [0, 0.1) is 0 Å². The van der Waals surface area contributed by atoms with Crippen LogP contribution >= 0.6 is 11.6 Å². The van der Waals surface area contributed by atoms with Crippen molar-refractivity contribution in [2.75, 3.05) is 29.4 Å². The minimum Gasteiger partial charge on any atom is -0.317 e. The van der Waals surface area contributed by atoms with Crippen molar-refractivity contribution in [3.8, 4) is 0 Å². The topological polar surface area (TPSA) is 52.7 Å². The molecule has 0 spiro atoms. The van der Waals surface area contributed by atoms with E-state index in [0.29, 0.717) is 11.6 Å². The molecule has 0 radical (unpaired) electrons. The summed E-state index contributed by atoms with van der Waals surface area (Å²) in [6, 6.07) is 13.6. The molecule has 6 heteroatoms. The lowest BCUT2D eigenvalue weighted by Gasteiger charge is -2.34. The Bertz CT molecular complexity index is 965. The highest BCUT2D eigenvalue weighted by Gasteiger charge is 2.28. The van der Waals surface area contributed by atoms with Gasteiger partial charge in [0.1, 0.15) is 0 Å². The first-order chi connectivity index (χ1) is 14.5. The van der Waals surface area contributed by atoms with Crippen LogP contribution < -0.4 is 15.1 Å². The van der Waals surface area contributed by atoms with Gasteiger partial charge in [0.15, 0.2) is 0 Å². The SMILES string of the molecule is CC(=O)N1CCc2ccc(N(C(=O)C=Cc3ccc(Cl)cc3)C3CCNCC3)cc21. The van der Waals surface area contributed by atoms with Gasteiger partial charge in [0.2, 0.25) is 5.91 Å². The third-order valence-corrected chi connectivity index (χ3v) is 6.07. The van der Waals surface area contributed by atoms with Gasteiger partial charge in [-0.25, -0.2) is 0 Å². The molecule has 1 fully saturated rings. The molecule has 0 aliphatic carbocycles. The first kappa shape index (κ1) is 20.6. The number of piperidine rings is 1. The van der Waals surface area contributed by atoms with Crippen LogP contribution in [0.1, 0.15) is 30.9 Å². The Hall–Kier alpha value is -2.63. The van der Waals surface area contributed by atoms with Gasteiger partial charge in [0, 0.05) is 42.0 Å². The molecule has 2 aliphatic heterocycles. The number of halogens is 1. The minimum absolute atomic E-state index is 0.0354. The third kappa shape index (κ3) is 4.42. The lowest BCUT2D eigenvalue weighted by molar-refractivity contribution is -0.116. The molecule has 2 amide bonds. The number of nitrogens with one attached hydrogen (secondary N) is 1. The molecule has 0 saturated carbocycles. The first-order valence-electron chi connectivity index (χ1n) is 10.4. The summed E-state index contributed by atoms with van der Waals surface area (Å²) in [4.78, 5) is 29.0. The van der Waals surface area contributed by atoms with Crippen molar-refractivity contribution in [2.45, 2.75) is 32.2 Å². The van der Waals surface area contributed by atoms with E-state index in [1.807, 2.05) is 47.4 Å². The lowest BCUT2D eigenvalue weighted by atomic mass is 10.0. The van der Waals surface area contributed by atoms with Crippen molar-refractivity contribution in [1.29, 1.82) is 0 Å². The van der Waals surface area contributed by atoms with Crippen LogP contribution in [0.15, 0.2) is 48.5 Å². The van der Waals surface area contributed by atoms with E-state index < -0.39 is 0 Å².